The minimum Gasteiger partial charge on any atom is -0.375 e. The smallest absolute Gasteiger partial charge is 0.165 e. The highest BCUT2D eigenvalue weighted by Crippen LogP contribution is 2.08. The molecule has 0 atom stereocenters. The summed E-state index contributed by atoms with van der Waals surface area (Å²) in [6.07, 6.45) is 11.8. The number of hydrogen-bond acceptors (Lipinski definition) is 2. The fraction of sp³-hybridized carbons (Fsp3) is 0.769. The fourth-order valence-electron chi connectivity index (χ4n) is 1.51. The lowest BCUT2D eigenvalue weighted by Gasteiger charge is -2.10. The van der Waals surface area contributed by atoms with Gasteiger partial charge in [-0.15, -0.1) is 0 Å². The van der Waals surface area contributed by atoms with E-state index in [4.69, 9.17) is 0 Å². The molecular weight excluding hydrogens is 186 g/mol. The lowest BCUT2D eigenvalue weighted by molar-refractivity contribution is -0.105. The standard InChI is InChI=1S/C13H25NO/c1-4-5-6-7-8-9-10-11-13(12-15)14(2)3/h11-12H,4-10H2,1-3H3. The zero-order valence-electron chi connectivity index (χ0n) is 10.5. The molecule has 88 valence electrons. The summed E-state index contributed by atoms with van der Waals surface area (Å²) in [5.41, 5.74) is 0.795. The van der Waals surface area contributed by atoms with Gasteiger partial charge in [-0.2, -0.15) is 0 Å². The number of nitrogens with zero attached hydrogens (tertiary/aromatic N) is 1. The van der Waals surface area contributed by atoms with E-state index in [1.165, 1.54) is 38.5 Å². The maximum absolute atomic E-state index is 10.6. The monoisotopic (exact) mass is 211 g/mol. The number of likely N-dealkylation sites (N-methyl/N-ethyl adjacent to an activating group) is 1. The number of carbonyl (C=O) groups is 1. The number of carbonyl (C=O) groups excluding carboxylic acids is 1. The van der Waals surface area contributed by atoms with E-state index in [1.807, 2.05) is 25.1 Å². The van der Waals surface area contributed by atoms with Crippen molar-refractivity contribution in [3.8, 4) is 0 Å². The van der Waals surface area contributed by atoms with Crippen molar-refractivity contribution in [2.24, 2.45) is 0 Å². The van der Waals surface area contributed by atoms with Gasteiger partial charge in [-0.05, 0) is 12.8 Å². The predicted molar refractivity (Wildman–Crippen MR) is 65.8 cm³/mol. The Kier molecular flexibility index (Phi) is 9.24. The molecule has 0 aromatic heterocycles. The molecule has 0 saturated heterocycles. The SMILES string of the molecule is CCCCCCCCC=C(C=O)N(C)C. The van der Waals surface area contributed by atoms with Crippen molar-refractivity contribution in [1.29, 1.82) is 0 Å². The molecule has 0 aliphatic heterocycles. The average Bonchev–Trinajstić information content (AvgIpc) is 2.21. The molecular formula is C13H25NO. The summed E-state index contributed by atoms with van der Waals surface area (Å²) >= 11 is 0. The predicted octanol–water partition coefficient (Wildman–Crippen LogP) is 3.38. The molecule has 0 spiro atoms. The summed E-state index contributed by atoms with van der Waals surface area (Å²) in [6, 6.07) is 0. The number of allylic oxidation sites excluding steroid dienone is 2. The summed E-state index contributed by atoms with van der Waals surface area (Å²) in [7, 11) is 3.81. The van der Waals surface area contributed by atoms with Crippen LogP contribution in [0, 0.1) is 0 Å². The van der Waals surface area contributed by atoms with Gasteiger partial charge in [0, 0.05) is 14.1 Å². The third-order valence-electron chi connectivity index (χ3n) is 2.55. The van der Waals surface area contributed by atoms with E-state index < -0.39 is 0 Å². The minimum atomic E-state index is 0.795. The Hall–Kier alpha value is -0.790. The molecule has 0 bridgehead atoms. The Bertz CT molecular complexity index is 185. The van der Waals surface area contributed by atoms with Crippen LogP contribution in [0.5, 0.6) is 0 Å². The van der Waals surface area contributed by atoms with Gasteiger partial charge in [0.2, 0.25) is 0 Å². The largest absolute Gasteiger partial charge is 0.375 e. The quantitative estimate of drug-likeness (QED) is 0.331. The van der Waals surface area contributed by atoms with E-state index in [9.17, 15) is 4.79 Å². The number of unbranched alkanes of at least 4 members (excludes halogenated alkanes) is 6. The molecule has 0 aromatic rings. The van der Waals surface area contributed by atoms with Crippen LogP contribution < -0.4 is 0 Å². The molecule has 0 fully saturated rings. The maximum atomic E-state index is 10.6. The highest BCUT2D eigenvalue weighted by atomic mass is 16.1. The summed E-state index contributed by atoms with van der Waals surface area (Å²) in [4.78, 5) is 12.5. The fourth-order valence-corrected chi connectivity index (χ4v) is 1.51. The summed E-state index contributed by atoms with van der Waals surface area (Å²) in [5.74, 6) is 0. The van der Waals surface area contributed by atoms with Gasteiger partial charge < -0.3 is 4.90 Å². The molecule has 0 rings (SSSR count). The van der Waals surface area contributed by atoms with Crippen LogP contribution in [0.3, 0.4) is 0 Å². The zero-order valence-corrected chi connectivity index (χ0v) is 10.5. The van der Waals surface area contributed by atoms with Gasteiger partial charge in [0.25, 0.3) is 0 Å². The van der Waals surface area contributed by atoms with Gasteiger partial charge in [0.15, 0.2) is 6.29 Å². The van der Waals surface area contributed by atoms with E-state index in [-0.39, 0.29) is 0 Å². The third-order valence-corrected chi connectivity index (χ3v) is 2.55. The van der Waals surface area contributed by atoms with E-state index in [0.29, 0.717) is 0 Å². The molecule has 0 radical (unpaired) electrons. The number of hydrogen-bond donors (Lipinski definition) is 0. The Morgan fingerprint density at radius 1 is 1.07 bits per heavy atom. The molecule has 0 aliphatic rings. The van der Waals surface area contributed by atoms with Gasteiger partial charge in [-0.25, -0.2) is 0 Å². The zero-order chi connectivity index (χ0) is 11.5. The van der Waals surface area contributed by atoms with Crippen molar-refractivity contribution in [1.82, 2.24) is 4.90 Å². The van der Waals surface area contributed by atoms with Crippen LogP contribution in [-0.2, 0) is 4.79 Å². The Morgan fingerprint density at radius 3 is 2.20 bits per heavy atom. The van der Waals surface area contributed by atoms with Gasteiger partial charge in [-0.3, -0.25) is 4.79 Å². The first kappa shape index (κ1) is 14.2. The Labute approximate surface area is 94.4 Å². The molecule has 2 heteroatoms. The van der Waals surface area contributed by atoms with Crippen LogP contribution in [0.25, 0.3) is 0 Å². The third kappa shape index (κ3) is 8.22. The Balaban J connectivity index is 3.46. The van der Waals surface area contributed by atoms with Gasteiger partial charge in [-0.1, -0.05) is 45.1 Å². The average molecular weight is 211 g/mol. The maximum Gasteiger partial charge on any atom is 0.165 e. The van der Waals surface area contributed by atoms with E-state index in [0.717, 1.165) is 18.4 Å². The van der Waals surface area contributed by atoms with Crippen molar-refractivity contribution in [3.63, 3.8) is 0 Å². The summed E-state index contributed by atoms with van der Waals surface area (Å²) in [6.45, 7) is 2.23. The van der Waals surface area contributed by atoms with Crippen LogP contribution in [0.1, 0.15) is 51.9 Å². The molecule has 0 N–H and O–H groups in total. The number of aldehydes is 1. The first-order valence-corrected chi connectivity index (χ1v) is 6.05. The minimum absolute atomic E-state index is 0.795. The summed E-state index contributed by atoms with van der Waals surface area (Å²) < 4.78 is 0. The molecule has 0 aromatic carbocycles. The highest BCUT2D eigenvalue weighted by molar-refractivity contribution is 5.71. The lowest BCUT2D eigenvalue weighted by Crippen LogP contribution is -2.11. The van der Waals surface area contributed by atoms with Crippen LogP contribution in [-0.4, -0.2) is 25.3 Å². The second kappa shape index (κ2) is 9.75. The molecule has 0 aliphatic carbocycles. The van der Waals surface area contributed by atoms with Crippen molar-refractivity contribution >= 4 is 6.29 Å². The van der Waals surface area contributed by atoms with Crippen LogP contribution in [0.15, 0.2) is 11.8 Å². The van der Waals surface area contributed by atoms with Gasteiger partial charge in [0.1, 0.15) is 0 Å². The highest BCUT2D eigenvalue weighted by Gasteiger charge is 1.95. The number of rotatable bonds is 9. The van der Waals surface area contributed by atoms with Crippen LogP contribution >= 0.6 is 0 Å². The first-order chi connectivity index (χ1) is 7.22. The second-order valence-electron chi connectivity index (χ2n) is 4.20. The van der Waals surface area contributed by atoms with Gasteiger partial charge >= 0.3 is 0 Å². The van der Waals surface area contributed by atoms with E-state index in [2.05, 4.69) is 6.92 Å². The summed E-state index contributed by atoms with van der Waals surface area (Å²) in [5, 5.41) is 0. The topological polar surface area (TPSA) is 20.3 Å². The van der Waals surface area contributed by atoms with E-state index in [1.54, 1.807) is 0 Å². The Morgan fingerprint density at radius 2 is 1.67 bits per heavy atom. The molecule has 15 heavy (non-hydrogen) atoms. The second-order valence-corrected chi connectivity index (χ2v) is 4.20. The normalized spacial score (nSPS) is 11.5. The van der Waals surface area contributed by atoms with Crippen molar-refractivity contribution < 1.29 is 4.79 Å². The molecule has 0 saturated carbocycles. The lowest BCUT2D eigenvalue weighted by atomic mass is 10.1. The van der Waals surface area contributed by atoms with Crippen molar-refractivity contribution in [3.05, 3.63) is 11.8 Å². The molecule has 0 amide bonds. The van der Waals surface area contributed by atoms with E-state index >= 15 is 0 Å². The molecule has 0 unspecified atom stereocenters. The van der Waals surface area contributed by atoms with Crippen LogP contribution in [0.2, 0.25) is 0 Å². The van der Waals surface area contributed by atoms with Crippen molar-refractivity contribution in [2.45, 2.75) is 51.9 Å². The van der Waals surface area contributed by atoms with Crippen molar-refractivity contribution in [2.75, 3.05) is 14.1 Å². The first-order valence-electron chi connectivity index (χ1n) is 6.05. The van der Waals surface area contributed by atoms with Gasteiger partial charge in [0.05, 0.1) is 5.70 Å². The van der Waals surface area contributed by atoms with Crippen LogP contribution in [0.4, 0.5) is 0 Å². The molecule has 0 heterocycles. The molecule has 2 nitrogen and oxygen atoms in total.